The van der Waals surface area contributed by atoms with Crippen molar-refractivity contribution in [3.05, 3.63) is 59.4 Å². The molecule has 21 heavy (non-hydrogen) atoms. The third kappa shape index (κ3) is 5.20. The molecule has 1 aromatic heterocycles. The fourth-order valence-corrected chi connectivity index (χ4v) is 2.08. The van der Waals surface area contributed by atoms with Crippen molar-refractivity contribution in [2.24, 2.45) is 0 Å². The maximum absolute atomic E-state index is 5.66. The normalized spacial score (nSPS) is 10.6. The Balaban J connectivity index is 1.77. The van der Waals surface area contributed by atoms with E-state index in [1.165, 1.54) is 16.7 Å². The number of hydrogen-bond acceptors (Lipinski definition) is 3. The van der Waals surface area contributed by atoms with E-state index in [0.717, 1.165) is 38.3 Å². The summed E-state index contributed by atoms with van der Waals surface area (Å²) in [4.78, 5) is 4.11. The maximum atomic E-state index is 5.66. The molecule has 2 aromatic rings. The van der Waals surface area contributed by atoms with Crippen LogP contribution in [0, 0.1) is 6.92 Å². The van der Waals surface area contributed by atoms with E-state index in [0.29, 0.717) is 0 Å². The van der Waals surface area contributed by atoms with Gasteiger partial charge in [0.05, 0.1) is 6.61 Å². The first-order valence-corrected chi connectivity index (χ1v) is 7.61. The Morgan fingerprint density at radius 1 is 1.10 bits per heavy atom. The average Bonchev–Trinajstić information content (AvgIpc) is 2.51. The molecule has 0 atom stereocenters. The monoisotopic (exact) mass is 284 g/mol. The minimum Gasteiger partial charge on any atom is -0.494 e. The molecule has 3 heteroatoms. The molecule has 0 aliphatic carbocycles. The zero-order valence-corrected chi connectivity index (χ0v) is 12.9. The quantitative estimate of drug-likeness (QED) is 0.747. The number of aromatic nitrogens is 1. The summed E-state index contributed by atoms with van der Waals surface area (Å²) in [7, 11) is 0. The van der Waals surface area contributed by atoms with E-state index in [2.05, 4.69) is 42.3 Å². The Kier molecular flexibility index (Phi) is 6.22. The summed E-state index contributed by atoms with van der Waals surface area (Å²) < 4.78 is 5.66. The van der Waals surface area contributed by atoms with Gasteiger partial charge in [0.15, 0.2) is 0 Å². The second kappa shape index (κ2) is 8.42. The molecule has 0 amide bonds. The van der Waals surface area contributed by atoms with Crippen molar-refractivity contribution in [2.75, 3.05) is 6.61 Å². The summed E-state index contributed by atoms with van der Waals surface area (Å²) >= 11 is 0. The number of rotatable bonds is 8. The zero-order chi connectivity index (χ0) is 14.9. The predicted molar refractivity (Wildman–Crippen MR) is 86.4 cm³/mol. The molecule has 0 saturated carbocycles. The third-order valence-electron chi connectivity index (χ3n) is 3.47. The fraction of sp³-hybridized carbons (Fsp3) is 0.389. The first-order chi connectivity index (χ1) is 10.3. The molecule has 3 nitrogen and oxygen atoms in total. The second-order valence-corrected chi connectivity index (χ2v) is 5.25. The van der Waals surface area contributed by atoms with E-state index < -0.39 is 0 Å². The number of nitrogens with one attached hydrogen (secondary N) is 1. The molecular formula is C18H24N2O. The van der Waals surface area contributed by atoms with Gasteiger partial charge in [0, 0.05) is 25.5 Å². The van der Waals surface area contributed by atoms with E-state index in [1.54, 1.807) is 0 Å². The van der Waals surface area contributed by atoms with Gasteiger partial charge in [-0.15, -0.1) is 0 Å². The molecule has 0 radical (unpaired) electrons. The van der Waals surface area contributed by atoms with Crippen LogP contribution in [0.4, 0.5) is 0 Å². The molecule has 0 spiro atoms. The smallest absolute Gasteiger partial charge is 0.119 e. The van der Waals surface area contributed by atoms with Gasteiger partial charge in [-0.2, -0.15) is 0 Å². The number of benzene rings is 1. The van der Waals surface area contributed by atoms with Gasteiger partial charge in [0.2, 0.25) is 0 Å². The number of hydrogen-bond donors (Lipinski definition) is 1. The van der Waals surface area contributed by atoms with Crippen molar-refractivity contribution in [1.29, 1.82) is 0 Å². The molecule has 1 N–H and O–H groups in total. The van der Waals surface area contributed by atoms with Gasteiger partial charge in [-0.05, 0) is 48.2 Å². The van der Waals surface area contributed by atoms with Crippen LogP contribution in [0.15, 0.2) is 42.7 Å². The van der Waals surface area contributed by atoms with Crippen LogP contribution in [0.1, 0.15) is 36.5 Å². The van der Waals surface area contributed by atoms with Gasteiger partial charge >= 0.3 is 0 Å². The number of unbranched alkanes of at least 4 members (excludes halogenated alkanes) is 1. The number of aryl methyl sites for hydroxylation is 1. The number of ether oxygens (including phenoxy) is 1. The average molecular weight is 284 g/mol. The van der Waals surface area contributed by atoms with Crippen molar-refractivity contribution in [3.8, 4) is 5.75 Å². The van der Waals surface area contributed by atoms with Gasteiger partial charge in [-0.25, -0.2) is 0 Å². The van der Waals surface area contributed by atoms with E-state index in [1.807, 2.05) is 24.5 Å². The van der Waals surface area contributed by atoms with Crippen molar-refractivity contribution < 1.29 is 4.74 Å². The summed E-state index contributed by atoms with van der Waals surface area (Å²) in [6, 6.07) is 10.4. The Morgan fingerprint density at radius 3 is 2.62 bits per heavy atom. The van der Waals surface area contributed by atoms with E-state index in [4.69, 9.17) is 4.74 Å². The molecule has 0 fully saturated rings. The Hall–Kier alpha value is -1.87. The first-order valence-electron chi connectivity index (χ1n) is 7.61. The molecule has 0 aliphatic heterocycles. The molecule has 0 bridgehead atoms. The number of pyridine rings is 1. The van der Waals surface area contributed by atoms with Crippen LogP contribution >= 0.6 is 0 Å². The second-order valence-electron chi connectivity index (χ2n) is 5.25. The van der Waals surface area contributed by atoms with Gasteiger partial charge in [0.25, 0.3) is 0 Å². The lowest BCUT2D eigenvalue weighted by Gasteiger charge is -2.09. The highest BCUT2D eigenvalue weighted by atomic mass is 16.5. The highest BCUT2D eigenvalue weighted by Crippen LogP contribution is 2.13. The molecule has 112 valence electrons. The summed E-state index contributed by atoms with van der Waals surface area (Å²) in [6.07, 6.45) is 6.01. The van der Waals surface area contributed by atoms with Gasteiger partial charge < -0.3 is 10.1 Å². The molecule has 1 aromatic carbocycles. The van der Waals surface area contributed by atoms with E-state index >= 15 is 0 Å². The van der Waals surface area contributed by atoms with Gasteiger partial charge in [-0.3, -0.25) is 4.98 Å². The lowest BCUT2D eigenvalue weighted by molar-refractivity contribution is 0.309. The SMILES string of the molecule is CCCCOc1ccc(CNCc2ccncc2C)cc1. The van der Waals surface area contributed by atoms with Gasteiger partial charge in [-0.1, -0.05) is 25.5 Å². The molecule has 1 heterocycles. The van der Waals surface area contributed by atoms with Crippen molar-refractivity contribution in [3.63, 3.8) is 0 Å². The Labute approximate surface area is 127 Å². The summed E-state index contributed by atoms with van der Waals surface area (Å²) in [5.74, 6) is 0.956. The van der Waals surface area contributed by atoms with Crippen LogP contribution in [0.5, 0.6) is 5.75 Å². The van der Waals surface area contributed by atoms with Crippen molar-refractivity contribution in [1.82, 2.24) is 10.3 Å². The minimum absolute atomic E-state index is 0.801. The third-order valence-corrected chi connectivity index (χ3v) is 3.47. The molecule has 0 unspecified atom stereocenters. The number of nitrogens with zero attached hydrogens (tertiary/aromatic N) is 1. The Bertz CT molecular complexity index is 537. The molecule has 0 aliphatic rings. The fourth-order valence-electron chi connectivity index (χ4n) is 2.08. The van der Waals surface area contributed by atoms with Crippen LogP contribution < -0.4 is 10.1 Å². The van der Waals surface area contributed by atoms with Crippen LogP contribution in [0.2, 0.25) is 0 Å². The van der Waals surface area contributed by atoms with Crippen molar-refractivity contribution in [2.45, 2.75) is 39.8 Å². The summed E-state index contributed by atoms with van der Waals surface area (Å²) in [6.45, 7) is 6.78. The molecule has 0 saturated heterocycles. The topological polar surface area (TPSA) is 34.1 Å². The lowest BCUT2D eigenvalue weighted by atomic mass is 10.1. The standard InChI is InChI=1S/C18H24N2O/c1-3-4-11-21-18-7-5-16(6-8-18)13-20-14-17-9-10-19-12-15(17)2/h5-10,12,20H,3-4,11,13-14H2,1-2H3. The van der Waals surface area contributed by atoms with E-state index in [-0.39, 0.29) is 0 Å². The Morgan fingerprint density at radius 2 is 1.90 bits per heavy atom. The highest BCUT2D eigenvalue weighted by Gasteiger charge is 1.99. The van der Waals surface area contributed by atoms with Crippen LogP contribution in [0.3, 0.4) is 0 Å². The van der Waals surface area contributed by atoms with Crippen molar-refractivity contribution >= 4 is 0 Å². The molecule has 2 rings (SSSR count). The zero-order valence-electron chi connectivity index (χ0n) is 12.9. The highest BCUT2D eigenvalue weighted by molar-refractivity contribution is 5.27. The van der Waals surface area contributed by atoms with Crippen LogP contribution in [-0.2, 0) is 13.1 Å². The van der Waals surface area contributed by atoms with Crippen LogP contribution in [-0.4, -0.2) is 11.6 Å². The van der Waals surface area contributed by atoms with Gasteiger partial charge in [0.1, 0.15) is 5.75 Å². The lowest BCUT2D eigenvalue weighted by Crippen LogP contribution is -2.13. The predicted octanol–water partition coefficient (Wildman–Crippen LogP) is 3.86. The van der Waals surface area contributed by atoms with E-state index in [9.17, 15) is 0 Å². The molecular weight excluding hydrogens is 260 g/mol. The largest absolute Gasteiger partial charge is 0.494 e. The summed E-state index contributed by atoms with van der Waals surface area (Å²) in [5, 5.41) is 3.46. The first kappa shape index (κ1) is 15.5. The summed E-state index contributed by atoms with van der Waals surface area (Å²) in [5.41, 5.74) is 3.79. The minimum atomic E-state index is 0.801. The maximum Gasteiger partial charge on any atom is 0.119 e. The van der Waals surface area contributed by atoms with Crippen LogP contribution in [0.25, 0.3) is 0 Å².